The summed E-state index contributed by atoms with van der Waals surface area (Å²) in [5, 5.41) is 0. The molecule has 4 aromatic rings. The first-order valence-electron chi connectivity index (χ1n) is 11.9. The molecule has 0 fully saturated rings. The number of carbonyl (C=O) groups is 1. The Balaban J connectivity index is 1.94. The highest BCUT2D eigenvalue weighted by molar-refractivity contribution is 6.01. The Bertz CT molecular complexity index is 1360. The second-order valence-electron chi connectivity index (χ2n) is 8.25. The number of rotatable bonds is 10. The van der Waals surface area contributed by atoms with Crippen LogP contribution in [0.4, 0.5) is 0 Å². The molecule has 0 atom stereocenters. The van der Waals surface area contributed by atoms with Gasteiger partial charge in [0.15, 0.2) is 0 Å². The molecular weight excluding hydrogens is 470 g/mol. The van der Waals surface area contributed by atoms with Gasteiger partial charge >= 0.3 is 5.97 Å². The maximum Gasteiger partial charge on any atom is 0.355 e. The third kappa shape index (κ3) is 5.40. The summed E-state index contributed by atoms with van der Waals surface area (Å²) in [7, 11) is 6.49. The quantitative estimate of drug-likeness (QED) is 0.245. The van der Waals surface area contributed by atoms with E-state index >= 15 is 0 Å². The number of ether oxygens (including phenoxy) is 5. The van der Waals surface area contributed by atoms with Crippen molar-refractivity contribution < 1.29 is 28.5 Å². The zero-order valence-corrected chi connectivity index (χ0v) is 21.7. The molecule has 7 heteroatoms. The molecule has 192 valence electrons. The molecule has 0 aliphatic heterocycles. The lowest BCUT2D eigenvalue weighted by Crippen LogP contribution is -2.14. The topological polar surface area (TPSA) is 68.2 Å². The number of benzene rings is 3. The summed E-state index contributed by atoms with van der Waals surface area (Å²) < 4.78 is 29.1. The predicted octanol–water partition coefficient (Wildman–Crippen LogP) is 6.08. The van der Waals surface area contributed by atoms with Gasteiger partial charge in [0.05, 0.1) is 41.6 Å². The van der Waals surface area contributed by atoms with Crippen LogP contribution in [0.15, 0.2) is 72.9 Å². The highest BCUT2D eigenvalue weighted by atomic mass is 16.5. The zero-order valence-electron chi connectivity index (χ0n) is 21.7. The van der Waals surface area contributed by atoms with Crippen LogP contribution in [-0.2, 0) is 11.3 Å². The SMILES string of the molecule is CCOC(=O)c1c(-c2ccc(OC)cc2)c(-c2ccc(OC)cc2)cn1Cc1ccc(OC)cc1OC. The third-order valence-corrected chi connectivity index (χ3v) is 6.16. The van der Waals surface area contributed by atoms with Crippen molar-refractivity contribution in [2.24, 2.45) is 0 Å². The fourth-order valence-corrected chi connectivity index (χ4v) is 4.30. The molecular formula is C30H31NO6. The molecule has 0 saturated carbocycles. The number of aromatic nitrogens is 1. The molecule has 0 aliphatic rings. The average molecular weight is 502 g/mol. The number of carbonyl (C=O) groups excluding carboxylic acids is 1. The molecule has 0 radical (unpaired) electrons. The normalized spacial score (nSPS) is 10.6. The molecule has 1 heterocycles. The number of hydrogen-bond acceptors (Lipinski definition) is 6. The van der Waals surface area contributed by atoms with Crippen LogP contribution in [0.1, 0.15) is 23.0 Å². The van der Waals surface area contributed by atoms with Crippen molar-refractivity contribution in [1.82, 2.24) is 4.57 Å². The molecule has 0 bridgehead atoms. The van der Waals surface area contributed by atoms with Gasteiger partial charge in [-0.25, -0.2) is 4.79 Å². The summed E-state index contributed by atoms with van der Waals surface area (Å²) in [4.78, 5) is 13.4. The Kier molecular flexibility index (Phi) is 8.03. The van der Waals surface area contributed by atoms with Crippen LogP contribution < -0.4 is 18.9 Å². The van der Waals surface area contributed by atoms with E-state index in [4.69, 9.17) is 23.7 Å². The number of nitrogens with zero attached hydrogens (tertiary/aromatic N) is 1. The van der Waals surface area contributed by atoms with E-state index < -0.39 is 5.97 Å². The Labute approximate surface area is 217 Å². The van der Waals surface area contributed by atoms with E-state index in [9.17, 15) is 4.79 Å². The molecule has 0 amide bonds. The minimum atomic E-state index is -0.402. The lowest BCUT2D eigenvalue weighted by atomic mass is 9.96. The fraction of sp³-hybridized carbons (Fsp3) is 0.233. The summed E-state index contributed by atoms with van der Waals surface area (Å²) in [6.45, 7) is 2.45. The Morgan fingerprint density at radius 2 is 1.30 bits per heavy atom. The van der Waals surface area contributed by atoms with Gasteiger partial charge in [-0.2, -0.15) is 0 Å². The van der Waals surface area contributed by atoms with Gasteiger partial charge in [0, 0.05) is 29.0 Å². The molecule has 0 N–H and O–H groups in total. The lowest BCUT2D eigenvalue weighted by molar-refractivity contribution is 0.0515. The van der Waals surface area contributed by atoms with Crippen LogP contribution in [-0.4, -0.2) is 45.6 Å². The number of methoxy groups -OCH3 is 4. The van der Waals surface area contributed by atoms with Crippen molar-refractivity contribution in [3.05, 3.63) is 84.2 Å². The number of esters is 1. The molecule has 3 aromatic carbocycles. The van der Waals surface area contributed by atoms with E-state index in [1.165, 1.54) is 0 Å². The second kappa shape index (κ2) is 11.6. The van der Waals surface area contributed by atoms with Gasteiger partial charge < -0.3 is 28.3 Å². The number of hydrogen-bond donors (Lipinski definition) is 0. The minimum absolute atomic E-state index is 0.260. The molecule has 0 saturated heterocycles. The first-order chi connectivity index (χ1) is 18.0. The largest absolute Gasteiger partial charge is 0.497 e. The van der Waals surface area contributed by atoms with Crippen LogP contribution in [0.5, 0.6) is 23.0 Å². The van der Waals surface area contributed by atoms with E-state index in [-0.39, 0.29) is 6.61 Å². The smallest absolute Gasteiger partial charge is 0.355 e. The summed E-state index contributed by atoms with van der Waals surface area (Å²) in [5.41, 5.74) is 4.83. The molecule has 1 aromatic heterocycles. The van der Waals surface area contributed by atoms with Gasteiger partial charge in [-0.05, 0) is 54.4 Å². The van der Waals surface area contributed by atoms with Crippen molar-refractivity contribution in [2.45, 2.75) is 13.5 Å². The zero-order chi connectivity index (χ0) is 26.4. The average Bonchev–Trinajstić information content (AvgIpc) is 3.32. The monoisotopic (exact) mass is 501 g/mol. The van der Waals surface area contributed by atoms with Gasteiger partial charge in [-0.3, -0.25) is 0 Å². The lowest BCUT2D eigenvalue weighted by Gasteiger charge is -2.14. The summed E-state index contributed by atoms with van der Waals surface area (Å²) in [6.07, 6.45) is 1.98. The second-order valence-corrected chi connectivity index (χ2v) is 8.25. The van der Waals surface area contributed by atoms with Crippen molar-refractivity contribution in [1.29, 1.82) is 0 Å². The first kappa shape index (κ1) is 25.7. The standard InChI is InChI=1S/C30H31NO6/c1-6-37-30(32)29-28(21-9-14-24(34-3)15-10-21)26(20-7-12-23(33-2)13-8-20)19-31(29)18-22-11-16-25(35-4)17-27(22)36-5/h7-17,19H,6,18H2,1-5H3. The van der Waals surface area contributed by atoms with E-state index in [1.807, 2.05) is 77.5 Å². The van der Waals surface area contributed by atoms with E-state index in [0.29, 0.717) is 23.7 Å². The Morgan fingerprint density at radius 3 is 1.84 bits per heavy atom. The maximum absolute atomic E-state index is 13.4. The van der Waals surface area contributed by atoms with Gasteiger partial charge in [-0.15, -0.1) is 0 Å². The van der Waals surface area contributed by atoms with E-state index in [2.05, 4.69) is 0 Å². The molecule has 7 nitrogen and oxygen atoms in total. The molecule has 0 unspecified atom stereocenters. The summed E-state index contributed by atoms with van der Waals surface area (Å²) in [5.74, 6) is 2.44. The van der Waals surface area contributed by atoms with Crippen LogP contribution >= 0.6 is 0 Å². The molecule has 0 aliphatic carbocycles. The third-order valence-electron chi connectivity index (χ3n) is 6.16. The Morgan fingerprint density at radius 1 is 0.730 bits per heavy atom. The predicted molar refractivity (Wildman–Crippen MR) is 143 cm³/mol. The van der Waals surface area contributed by atoms with Gasteiger partial charge in [0.1, 0.15) is 28.7 Å². The highest BCUT2D eigenvalue weighted by Crippen LogP contribution is 2.39. The maximum atomic E-state index is 13.4. The minimum Gasteiger partial charge on any atom is -0.497 e. The first-order valence-corrected chi connectivity index (χ1v) is 11.9. The molecule has 37 heavy (non-hydrogen) atoms. The van der Waals surface area contributed by atoms with E-state index in [1.54, 1.807) is 35.4 Å². The summed E-state index contributed by atoms with van der Waals surface area (Å²) >= 11 is 0. The Hall–Kier alpha value is -4.39. The van der Waals surface area contributed by atoms with Crippen molar-refractivity contribution in [3.63, 3.8) is 0 Å². The van der Waals surface area contributed by atoms with Crippen molar-refractivity contribution in [3.8, 4) is 45.3 Å². The molecule has 4 rings (SSSR count). The van der Waals surface area contributed by atoms with Crippen molar-refractivity contribution >= 4 is 5.97 Å². The van der Waals surface area contributed by atoms with Gasteiger partial charge in [0.2, 0.25) is 0 Å². The van der Waals surface area contributed by atoms with Crippen LogP contribution in [0, 0.1) is 0 Å². The van der Waals surface area contributed by atoms with Crippen LogP contribution in [0.25, 0.3) is 22.3 Å². The highest BCUT2D eigenvalue weighted by Gasteiger charge is 2.26. The van der Waals surface area contributed by atoms with Crippen LogP contribution in [0.3, 0.4) is 0 Å². The van der Waals surface area contributed by atoms with Gasteiger partial charge in [0.25, 0.3) is 0 Å². The van der Waals surface area contributed by atoms with Gasteiger partial charge in [-0.1, -0.05) is 24.3 Å². The summed E-state index contributed by atoms with van der Waals surface area (Å²) in [6, 6.07) is 21.1. The van der Waals surface area contributed by atoms with E-state index in [0.717, 1.165) is 39.3 Å². The van der Waals surface area contributed by atoms with Crippen LogP contribution in [0.2, 0.25) is 0 Å². The fourth-order valence-electron chi connectivity index (χ4n) is 4.30. The molecule has 0 spiro atoms. The van der Waals surface area contributed by atoms with Crippen molar-refractivity contribution in [2.75, 3.05) is 35.0 Å².